The van der Waals surface area contributed by atoms with Crippen molar-refractivity contribution in [3.63, 3.8) is 0 Å². The molecule has 2 aromatic carbocycles. The zero-order chi connectivity index (χ0) is 22.6. The van der Waals surface area contributed by atoms with Crippen LogP contribution in [0.25, 0.3) is 11.1 Å². The highest BCUT2D eigenvalue weighted by Crippen LogP contribution is 2.26. The van der Waals surface area contributed by atoms with Gasteiger partial charge in [-0.25, -0.2) is 17.9 Å². The van der Waals surface area contributed by atoms with Gasteiger partial charge in [-0.15, -0.1) is 0 Å². The van der Waals surface area contributed by atoms with E-state index < -0.39 is 10.0 Å². The van der Waals surface area contributed by atoms with Crippen molar-refractivity contribution in [3.05, 3.63) is 60.2 Å². The lowest BCUT2D eigenvalue weighted by atomic mass is 9.90. The van der Waals surface area contributed by atoms with Gasteiger partial charge in [0, 0.05) is 18.5 Å². The minimum Gasteiger partial charge on any atom is -0.449 e. The van der Waals surface area contributed by atoms with Crippen molar-refractivity contribution < 1.29 is 22.7 Å². The van der Waals surface area contributed by atoms with Crippen LogP contribution >= 0.6 is 0 Å². The van der Waals surface area contributed by atoms with Crippen molar-refractivity contribution in [3.8, 4) is 11.1 Å². The number of amides is 1. The van der Waals surface area contributed by atoms with E-state index in [-0.39, 0.29) is 24.1 Å². The molecule has 0 saturated carbocycles. The first-order chi connectivity index (χ1) is 15.4. The first kappa shape index (κ1) is 22.8. The summed E-state index contributed by atoms with van der Waals surface area (Å²) >= 11 is 0. The number of piperidine rings is 1. The highest BCUT2D eigenvalue weighted by Gasteiger charge is 2.37. The van der Waals surface area contributed by atoms with Crippen LogP contribution in [0, 0.1) is 5.92 Å². The van der Waals surface area contributed by atoms with Crippen molar-refractivity contribution in [1.29, 1.82) is 0 Å². The number of carbonyl (C=O) groups excluding carboxylic acids is 1. The van der Waals surface area contributed by atoms with Crippen molar-refractivity contribution in [2.24, 2.45) is 5.92 Å². The molecule has 2 saturated heterocycles. The second-order valence-electron chi connectivity index (χ2n) is 8.65. The molecule has 2 aromatic rings. The third-order valence-electron chi connectivity index (χ3n) is 6.01. The molecule has 0 aromatic heterocycles. The summed E-state index contributed by atoms with van der Waals surface area (Å²) in [4.78, 5) is 14.6. The Balaban J connectivity index is 1.55. The lowest BCUT2D eigenvalue weighted by molar-refractivity contribution is -0.0632. The number of likely N-dealkylation sites (tertiary alicyclic amines) is 1. The number of benzene rings is 2. The largest absolute Gasteiger partial charge is 0.449 e. The average molecular weight is 459 g/mol. The molecule has 8 heteroatoms. The predicted octanol–water partition coefficient (Wildman–Crippen LogP) is 3.06. The van der Waals surface area contributed by atoms with Crippen LogP contribution in [-0.4, -0.2) is 64.1 Å². The quantitative estimate of drug-likeness (QED) is 0.689. The van der Waals surface area contributed by atoms with Crippen LogP contribution in [0.3, 0.4) is 0 Å². The molecule has 32 heavy (non-hydrogen) atoms. The number of hydrogen-bond donors (Lipinski definition) is 1. The maximum atomic E-state index is 12.9. The molecule has 2 aliphatic heterocycles. The maximum Gasteiger partial charge on any atom is 0.410 e. The summed E-state index contributed by atoms with van der Waals surface area (Å²) < 4.78 is 37.5. The molecule has 2 fully saturated rings. The van der Waals surface area contributed by atoms with Gasteiger partial charge in [-0.1, -0.05) is 54.6 Å². The molecular weight excluding hydrogens is 428 g/mol. The Morgan fingerprint density at radius 1 is 1.12 bits per heavy atom. The summed E-state index contributed by atoms with van der Waals surface area (Å²) in [5, 5.41) is 0. The van der Waals surface area contributed by atoms with Gasteiger partial charge in [-0.2, -0.15) is 0 Å². The van der Waals surface area contributed by atoms with Gasteiger partial charge < -0.3 is 14.4 Å². The Hall–Kier alpha value is -2.42. The van der Waals surface area contributed by atoms with Gasteiger partial charge in [0.05, 0.1) is 25.5 Å². The van der Waals surface area contributed by atoms with E-state index in [1.165, 1.54) is 0 Å². The van der Waals surface area contributed by atoms with Gasteiger partial charge in [-0.05, 0) is 36.0 Å². The van der Waals surface area contributed by atoms with Gasteiger partial charge in [0.2, 0.25) is 10.0 Å². The number of nitrogens with zero attached hydrogens (tertiary/aromatic N) is 1. The molecule has 1 N–H and O–H groups in total. The molecule has 0 radical (unpaired) electrons. The zero-order valence-electron chi connectivity index (χ0n) is 18.3. The summed E-state index contributed by atoms with van der Waals surface area (Å²) in [5.74, 6) is 0.245. The van der Waals surface area contributed by atoms with Crippen molar-refractivity contribution in [1.82, 2.24) is 9.62 Å². The normalized spacial score (nSPS) is 21.7. The summed E-state index contributed by atoms with van der Waals surface area (Å²) in [5.41, 5.74) is 3.25. The highest BCUT2D eigenvalue weighted by atomic mass is 32.2. The molecule has 2 unspecified atom stereocenters. The zero-order valence-corrected chi connectivity index (χ0v) is 19.1. The van der Waals surface area contributed by atoms with E-state index in [4.69, 9.17) is 9.47 Å². The fourth-order valence-electron chi connectivity index (χ4n) is 4.35. The molecule has 2 atom stereocenters. The number of nitrogens with one attached hydrogen (secondary N) is 1. The second-order valence-corrected chi connectivity index (χ2v) is 10.4. The third-order valence-corrected chi connectivity index (χ3v) is 6.74. The standard InChI is InChI=1S/C24H30N2O5S/c1-32(28,29)25-22-11-6-12-26(24(27)31-17-19-15-30-16-19)23(22)14-18-7-5-10-21(13-18)20-8-3-2-4-9-20/h2-5,7-10,13,19,22-23,25H,6,11-12,14-17H2,1H3. The first-order valence-corrected chi connectivity index (χ1v) is 12.9. The highest BCUT2D eigenvalue weighted by molar-refractivity contribution is 7.88. The van der Waals surface area contributed by atoms with Gasteiger partial charge in [0.1, 0.15) is 6.61 Å². The predicted molar refractivity (Wildman–Crippen MR) is 123 cm³/mol. The van der Waals surface area contributed by atoms with Gasteiger partial charge in [-0.3, -0.25) is 0 Å². The van der Waals surface area contributed by atoms with E-state index in [2.05, 4.69) is 29.0 Å². The van der Waals surface area contributed by atoms with Crippen LogP contribution in [-0.2, 0) is 25.9 Å². The number of hydrogen-bond acceptors (Lipinski definition) is 5. The number of carbonyl (C=O) groups is 1. The summed E-state index contributed by atoms with van der Waals surface area (Å²) in [7, 11) is -3.42. The minimum absolute atomic E-state index is 0.245. The van der Waals surface area contributed by atoms with E-state index in [0.717, 1.165) is 29.4 Å². The SMILES string of the molecule is CS(=O)(=O)NC1CCCN(C(=O)OCC2COC2)C1Cc1cccc(-c2ccccc2)c1. The third kappa shape index (κ3) is 5.88. The number of sulfonamides is 1. The molecular formula is C24H30N2O5S. The van der Waals surface area contributed by atoms with E-state index in [1.807, 2.05) is 30.3 Å². The first-order valence-electron chi connectivity index (χ1n) is 11.0. The Morgan fingerprint density at radius 2 is 1.88 bits per heavy atom. The monoisotopic (exact) mass is 458 g/mol. The van der Waals surface area contributed by atoms with Crippen LogP contribution < -0.4 is 4.72 Å². The van der Waals surface area contributed by atoms with Gasteiger partial charge in [0.15, 0.2) is 0 Å². The minimum atomic E-state index is -3.42. The molecule has 172 valence electrons. The Labute approximate surface area is 189 Å². The van der Waals surface area contributed by atoms with Gasteiger partial charge in [0.25, 0.3) is 0 Å². The van der Waals surface area contributed by atoms with Crippen LogP contribution in [0.15, 0.2) is 54.6 Å². The number of ether oxygens (including phenoxy) is 2. The molecule has 0 bridgehead atoms. The van der Waals surface area contributed by atoms with Crippen molar-refractivity contribution in [2.75, 3.05) is 32.6 Å². The number of rotatable bonds is 7. The maximum absolute atomic E-state index is 12.9. The van der Waals surface area contributed by atoms with E-state index in [1.54, 1.807) is 4.90 Å². The average Bonchev–Trinajstić information content (AvgIpc) is 2.73. The summed E-state index contributed by atoms with van der Waals surface area (Å²) in [6, 6.07) is 17.6. The fourth-order valence-corrected chi connectivity index (χ4v) is 5.18. The van der Waals surface area contributed by atoms with Crippen LogP contribution in [0.5, 0.6) is 0 Å². The lowest BCUT2D eigenvalue weighted by Crippen LogP contribution is -2.58. The summed E-state index contributed by atoms with van der Waals surface area (Å²) in [6.45, 7) is 2.10. The van der Waals surface area contributed by atoms with E-state index in [9.17, 15) is 13.2 Å². The van der Waals surface area contributed by atoms with Crippen molar-refractivity contribution in [2.45, 2.75) is 31.3 Å². The Morgan fingerprint density at radius 3 is 2.56 bits per heavy atom. The van der Waals surface area contributed by atoms with Crippen LogP contribution in [0.1, 0.15) is 18.4 Å². The molecule has 7 nitrogen and oxygen atoms in total. The smallest absolute Gasteiger partial charge is 0.410 e. The van der Waals surface area contributed by atoms with Crippen LogP contribution in [0.2, 0.25) is 0 Å². The summed E-state index contributed by atoms with van der Waals surface area (Å²) in [6.07, 6.45) is 2.70. The fraction of sp³-hybridized carbons (Fsp3) is 0.458. The van der Waals surface area contributed by atoms with Gasteiger partial charge >= 0.3 is 6.09 Å². The molecule has 0 spiro atoms. The molecule has 2 heterocycles. The van der Waals surface area contributed by atoms with E-state index in [0.29, 0.717) is 39.2 Å². The Bertz CT molecular complexity index is 1020. The molecule has 4 rings (SSSR count). The lowest BCUT2D eigenvalue weighted by Gasteiger charge is -2.41. The van der Waals surface area contributed by atoms with Crippen LogP contribution in [0.4, 0.5) is 4.79 Å². The molecule has 2 aliphatic rings. The van der Waals surface area contributed by atoms with E-state index >= 15 is 0 Å². The van der Waals surface area contributed by atoms with Crippen molar-refractivity contribution >= 4 is 16.1 Å². The second kappa shape index (κ2) is 10.0. The topological polar surface area (TPSA) is 84.9 Å². The molecule has 0 aliphatic carbocycles. The Kier molecular flexibility index (Phi) is 7.13. The molecule has 1 amide bonds.